The van der Waals surface area contributed by atoms with Gasteiger partial charge in [0, 0.05) is 29.7 Å². The van der Waals surface area contributed by atoms with Crippen molar-refractivity contribution in [3.63, 3.8) is 0 Å². The van der Waals surface area contributed by atoms with Crippen LogP contribution in [0.1, 0.15) is 42.4 Å². The number of carbonyl (C=O) groups is 1. The molecule has 0 atom stereocenters. The third-order valence-electron chi connectivity index (χ3n) is 3.16. The topological polar surface area (TPSA) is 34.4 Å². The van der Waals surface area contributed by atoms with Crippen LogP contribution < -0.4 is 0 Å². The second-order valence-corrected chi connectivity index (χ2v) is 6.10. The molecule has 2 aromatic heterocycles. The lowest BCUT2D eigenvalue weighted by Crippen LogP contribution is -2.11. The lowest BCUT2D eigenvalue weighted by Gasteiger charge is -2.18. The molecule has 0 aliphatic carbocycles. The first-order valence-electron chi connectivity index (χ1n) is 6.65. The highest BCUT2D eigenvalue weighted by Crippen LogP contribution is 2.27. The van der Waals surface area contributed by atoms with Crippen molar-refractivity contribution < 1.29 is 4.79 Å². The van der Waals surface area contributed by atoms with E-state index in [0.717, 1.165) is 23.2 Å². The summed E-state index contributed by atoms with van der Waals surface area (Å²) in [5, 5.41) is 0. The summed E-state index contributed by atoms with van der Waals surface area (Å²) < 4.78 is 1.95. The summed E-state index contributed by atoms with van der Waals surface area (Å²) in [5.74, 6) is -0.0923. The second-order valence-electron chi connectivity index (χ2n) is 6.10. The van der Waals surface area contributed by atoms with Gasteiger partial charge in [-0.05, 0) is 17.9 Å². The molecule has 0 spiro atoms. The van der Waals surface area contributed by atoms with Crippen LogP contribution in [0.2, 0.25) is 0 Å². The molecule has 0 fully saturated rings. The fraction of sp³-hybridized carbons (Fsp3) is 0.294. The fourth-order valence-electron chi connectivity index (χ4n) is 2.36. The zero-order chi connectivity index (χ0) is 14.9. The minimum Gasteiger partial charge on any atom is -0.319 e. The highest BCUT2D eigenvalue weighted by molar-refractivity contribution is 6.08. The van der Waals surface area contributed by atoms with E-state index in [2.05, 4.69) is 38.9 Å². The molecule has 0 saturated heterocycles. The summed E-state index contributed by atoms with van der Waals surface area (Å²) in [5.41, 5.74) is 3.53. The molecule has 0 bridgehead atoms. The third-order valence-corrected chi connectivity index (χ3v) is 3.16. The second kappa shape index (κ2) is 5.08. The molecular formula is C17H20N2O. The summed E-state index contributed by atoms with van der Waals surface area (Å²) in [6, 6.07) is 0. The Morgan fingerprint density at radius 3 is 2.65 bits per heavy atom. The summed E-state index contributed by atoms with van der Waals surface area (Å²) >= 11 is 0. The van der Waals surface area contributed by atoms with Crippen molar-refractivity contribution in [2.24, 2.45) is 5.41 Å². The van der Waals surface area contributed by atoms with Crippen molar-refractivity contribution in [1.29, 1.82) is 0 Å². The van der Waals surface area contributed by atoms with Crippen LogP contribution in [0.15, 0.2) is 37.8 Å². The summed E-state index contributed by atoms with van der Waals surface area (Å²) in [6.45, 7) is 13.9. The van der Waals surface area contributed by atoms with Crippen LogP contribution in [0.25, 0.3) is 11.6 Å². The van der Waals surface area contributed by atoms with E-state index in [9.17, 15) is 4.79 Å². The summed E-state index contributed by atoms with van der Waals surface area (Å²) in [4.78, 5) is 16.5. The van der Waals surface area contributed by atoms with Crippen LogP contribution in [0.3, 0.4) is 0 Å². The quantitative estimate of drug-likeness (QED) is 0.622. The molecule has 0 saturated carbocycles. The number of ketones is 1. The largest absolute Gasteiger partial charge is 0.319 e. The van der Waals surface area contributed by atoms with Gasteiger partial charge in [-0.25, -0.2) is 0 Å². The van der Waals surface area contributed by atoms with E-state index in [1.54, 1.807) is 12.3 Å². The van der Waals surface area contributed by atoms with E-state index < -0.39 is 0 Å². The maximum atomic E-state index is 12.0. The molecule has 20 heavy (non-hydrogen) atoms. The molecule has 3 heteroatoms. The van der Waals surface area contributed by atoms with Crippen molar-refractivity contribution in [2.45, 2.75) is 27.2 Å². The number of hydrogen-bond donors (Lipinski definition) is 0. The number of nitrogens with zero attached hydrogens (tertiary/aromatic N) is 2. The van der Waals surface area contributed by atoms with Gasteiger partial charge in [0.05, 0.1) is 11.2 Å². The van der Waals surface area contributed by atoms with Crippen LogP contribution in [-0.4, -0.2) is 15.2 Å². The molecule has 104 valence electrons. The smallest absolute Gasteiger partial charge is 0.187 e. The van der Waals surface area contributed by atoms with Gasteiger partial charge in [0.2, 0.25) is 0 Å². The molecule has 0 amide bonds. The Hall–Kier alpha value is -2.16. The maximum Gasteiger partial charge on any atom is 0.187 e. The monoisotopic (exact) mass is 268 g/mol. The maximum absolute atomic E-state index is 12.0. The molecule has 2 rings (SSSR count). The molecule has 2 heterocycles. The van der Waals surface area contributed by atoms with Gasteiger partial charge in [-0.3, -0.25) is 9.78 Å². The van der Waals surface area contributed by atoms with Crippen molar-refractivity contribution in [1.82, 2.24) is 9.38 Å². The van der Waals surface area contributed by atoms with E-state index in [1.807, 2.05) is 16.8 Å². The lowest BCUT2D eigenvalue weighted by molar-refractivity contribution is 0.104. The number of hydrogen-bond acceptors (Lipinski definition) is 2. The zero-order valence-corrected chi connectivity index (χ0v) is 12.3. The standard InChI is InChI=1S/C17H20N2O/c1-6-12-13(15(20)7-2)11-19-9-8-18-14(16(12)19)10-17(3,4)5/h6-9,11H,1-2,10H2,3-5H3. The van der Waals surface area contributed by atoms with Gasteiger partial charge in [0.1, 0.15) is 0 Å². The minimum atomic E-state index is -0.0923. The van der Waals surface area contributed by atoms with E-state index in [4.69, 9.17) is 0 Å². The highest BCUT2D eigenvalue weighted by Gasteiger charge is 2.19. The molecule has 0 aliphatic rings. The first-order valence-corrected chi connectivity index (χ1v) is 6.65. The predicted molar refractivity (Wildman–Crippen MR) is 83.0 cm³/mol. The van der Waals surface area contributed by atoms with Crippen LogP contribution >= 0.6 is 0 Å². The Bertz CT molecular complexity index is 687. The molecule has 0 aromatic carbocycles. The van der Waals surface area contributed by atoms with Crippen molar-refractivity contribution >= 4 is 17.4 Å². The minimum absolute atomic E-state index is 0.0923. The number of allylic oxidation sites excluding steroid dienone is 1. The Balaban J connectivity index is 2.73. The van der Waals surface area contributed by atoms with Crippen LogP contribution in [0, 0.1) is 5.41 Å². The van der Waals surface area contributed by atoms with Gasteiger partial charge in [-0.1, -0.05) is 40.0 Å². The fourth-order valence-corrected chi connectivity index (χ4v) is 2.36. The average Bonchev–Trinajstić information content (AvgIpc) is 2.75. The van der Waals surface area contributed by atoms with E-state index >= 15 is 0 Å². The van der Waals surface area contributed by atoms with Crippen LogP contribution in [0.4, 0.5) is 0 Å². The molecule has 0 N–H and O–H groups in total. The van der Waals surface area contributed by atoms with Gasteiger partial charge in [0.15, 0.2) is 5.78 Å². The van der Waals surface area contributed by atoms with Gasteiger partial charge < -0.3 is 4.40 Å². The van der Waals surface area contributed by atoms with Gasteiger partial charge in [-0.2, -0.15) is 0 Å². The van der Waals surface area contributed by atoms with E-state index in [0.29, 0.717) is 5.56 Å². The van der Waals surface area contributed by atoms with Gasteiger partial charge in [0.25, 0.3) is 0 Å². The summed E-state index contributed by atoms with van der Waals surface area (Å²) in [7, 11) is 0. The third kappa shape index (κ3) is 2.57. The predicted octanol–water partition coefficient (Wildman–Crippen LogP) is 3.93. The summed E-state index contributed by atoms with van der Waals surface area (Å²) in [6.07, 6.45) is 9.34. The highest BCUT2D eigenvalue weighted by atomic mass is 16.1. The Labute approximate surface area is 119 Å². The Kier molecular flexibility index (Phi) is 3.62. The van der Waals surface area contributed by atoms with Gasteiger partial charge >= 0.3 is 0 Å². The Morgan fingerprint density at radius 2 is 2.10 bits per heavy atom. The Morgan fingerprint density at radius 1 is 1.40 bits per heavy atom. The van der Waals surface area contributed by atoms with Crippen molar-refractivity contribution in [3.8, 4) is 0 Å². The normalized spacial score (nSPS) is 11.6. The molecule has 0 aliphatic heterocycles. The van der Waals surface area contributed by atoms with E-state index in [-0.39, 0.29) is 11.2 Å². The van der Waals surface area contributed by atoms with Crippen molar-refractivity contribution in [2.75, 3.05) is 0 Å². The number of aromatic nitrogens is 2. The molecular weight excluding hydrogens is 248 g/mol. The first-order chi connectivity index (χ1) is 9.37. The first kappa shape index (κ1) is 14.3. The zero-order valence-electron chi connectivity index (χ0n) is 12.3. The SMILES string of the molecule is C=CC(=O)c1cn2ccnc(CC(C)(C)C)c2c1C=C. The number of fused-ring (bicyclic) bond motifs is 1. The number of carbonyl (C=O) groups excluding carboxylic acids is 1. The lowest BCUT2D eigenvalue weighted by atomic mass is 9.89. The van der Waals surface area contributed by atoms with Crippen molar-refractivity contribution in [3.05, 3.63) is 54.6 Å². The van der Waals surface area contributed by atoms with Gasteiger partial charge in [-0.15, -0.1) is 0 Å². The molecule has 0 radical (unpaired) electrons. The van der Waals surface area contributed by atoms with Crippen LogP contribution in [0.5, 0.6) is 0 Å². The molecule has 3 nitrogen and oxygen atoms in total. The van der Waals surface area contributed by atoms with Crippen LogP contribution in [-0.2, 0) is 6.42 Å². The average molecular weight is 268 g/mol. The molecule has 2 aromatic rings. The number of rotatable bonds is 4. The van der Waals surface area contributed by atoms with E-state index in [1.165, 1.54) is 6.08 Å². The molecule has 0 unspecified atom stereocenters.